The van der Waals surface area contributed by atoms with Crippen LogP contribution in [-0.4, -0.2) is 44.5 Å². The third-order valence-corrected chi connectivity index (χ3v) is 6.33. The first kappa shape index (κ1) is 22.3. The average Bonchev–Trinajstić information content (AvgIpc) is 3.21. The van der Waals surface area contributed by atoms with Crippen LogP contribution in [0.2, 0.25) is 5.02 Å². The first-order valence-electron chi connectivity index (χ1n) is 10.0. The van der Waals surface area contributed by atoms with Gasteiger partial charge in [-0.1, -0.05) is 41.6 Å². The highest BCUT2D eigenvalue weighted by Crippen LogP contribution is 2.23. The number of hydrogen-bond donors (Lipinski definition) is 1. The Morgan fingerprint density at radius 2 is 2.03 bits per heavy atom. The molecule has 1 amide bonds. The lowest BCUT2D eigenvalue weighted by atomic mass is 10.2. The second-order valence-corrected chi connectivity index (χ2v) is 8.59. The zero-order chi connectivity index (χ0) is 22.7. The predicted octanol–water partition coefficient (Wildman–Crippen LogP) is 3.77. The van der Waals surface area contributed by atoms with Gasteiger partial charge in [-0.3, -0.25) is 18.6 Å². The number of para-hydroxylation sites is 1. The molecule has 2 aromatic heterocycles. The minimum absolute atomic E-state index is 0.123. The van der Waals surface area contributed by atoms with Crippen molar-refractivity contribution in [2.24, 2.45) is 0 Å². The van der Waals surface area contributed by atoms with Gasteiger partial charge in [0.25, 0.3) is 5.56 Å². The standard InChI is InChI=1S/C22H22ClN5O3S/c1-14-8-9-15(12-17(14)23)24-19(29)13-32-22-26-25-21-27(10-5-11-31-2)20(30)16-6-3-4-7-18(16)28(21)22/h3-4,6-9,12H,5,10-11,13H2,1-2H3,(H,24,29). The van der Waals surface area contributed by atoms with Crippen molar-refractivity contribution in [2.75, 3.05) is 24.8 Å². The first-order valence-corrected chi connectivity index (χ1v) is 11.4. The monoisotopic (exact) mass is 471 g/mol. The van der Waals surface area contributed by atoms with E-state index in [1.54, 1.807) is 23.8 Å². The maximum Gasteiger partial charge on any atom is 0.262 e. The molecule has 0 fully saturated rings. The molecule has 0 saturated carbocycles. The molecule has 2 heterocycles. The molecule has 1 N–H and O–H groups in total. The maximum absolute atomic E-state index is 13.0. The fourth-order valence-electron chi connectivity index (χ4n) is 3.39. The average molecular weight is 472 g/mol. The van der Waals surface area contributed by atoms with Crippen LogP contribution in [0.5, 0.6) is 0 Å². The third-order valence-electron chi connectivity index (χ3n) is 5.00. The number of fused-ring (bicyclic) bond motifs is 3. The van der Waals surface area contributed by atoms with Gasteiger partial charge in [-0.15, -0.1) is 10.2 Å². The number of hydrogen-bond acceptors (Lipinski definition) is 6. The first-order chi connectivity index (χ1) is 15.5. The van der Waals surface area contributed by atoms with E-state index in [4.69, 9.17) is 16.3 Å². The molecule has 0 aliphatic carbocycles. The topological polar surface area (TPSA) is 90.5 Å². The van der Waals surface area contributed by atoms with E-state index in [9.17, 15) is 9.59 Å². The number of amides is 1. The zero-order valence-electron chi connectivity index (χ0n) is 17.7. The van der Waals surface area contributed by atoms with Gasteiger partial charge >= 0.3 is 0 Å². The van der Waals surface area contributed by atoms with Crippen LogP contribution in [0.3, 0.4) is 0 Å². The number of halogens is 1. The summed E-state index contributed by atoms with van der Waals surface area (Å²) in [6.07, 6.45) is 0.668. The largest absolute Gasteiger partial charge is 0.385 e. The van der Waals surface area contributed by atoms with Gasteiger partial charge < -0.3 is 10.1 Å². The van der Waals surface area contributed by atoms with Crippen LogP contribution in [0.4, 0.5) is 5.69 Å². The zero-order valence-corrected chi connectivity index (χ0v) is 19.2. The predicted molar refractivity (Wildman–Crippen MR) is 127 cm³/mol. The SMILES string of the molecule is COCCCn1c(=O)c2ccccc2n2c(SCC(=O)Nc3ccc(C)c(Cl)c3)nnc12. The Hall–Kier alpha value is -2.88. The molecule has 32 heavy (non-hydrogen) atoms. The van der Waals surface area contributed by atoms with Crippen molar-refractivity contribution < 1.29 is 9.53 Å². The normalized spacial score (nSPS) is 11.3. The number of nitrogens with one attached hydrogen (secondary N) is 1. The minimum atomic E-state index is -0.190. The van der Waals surface area contributed by atoms with Crippen LogP contribution in [-0.2, 0) is 16.1 Å². The second-order valence-electron chi connectivity index (χ2n) is 7.24. The van der Waals surface area contributed by atoms with Gasteiger partial charge in [0.15, 0.2) is 5.16 Å². The van der Waals surface area contributed by atoms with E-state index in [0.29, 0.717) is 52.1 Å². The molecular weight excluding hydrogens is 450 g/mol. The van der Waals surface area contributed by atoms with Gasteiger partial charge in [0, 0.05) is 31.0 Å². The lowest BCUT2D eigenvalue weighted by Crippen LogP contribution is -2.24. The van der Waals surface area contributed by atoms with Crippen molar-refractivity contribution in [1.29, 1.82) is 0 Å². The van der Waals surface area contributed by atoms with E-state index in [1.807, 2.05) is 41.7 Å². The molecule has 0 aliphatic heterocycles. The summed E-state index contributed by atoms with van der Waals surface area (Å²) in [4.78, 5) is 25.5. The number of carbonyl (C=O) groups is 1. The van der Waals surface area contributed by atoms with Gasteiger partial charge in [0.05, 0.1) is 16.7 Å². The Morgan fingerprint density at radius 1 is 1.22 bits per heavy atom. The van der Waals surface area contributed by atoms with Crippen molar-refractivity contribution in [3.05, 3.63) is 63.4 Å². The molecule has 4 aromatic rings. The summed E-state index contributed by atoms with van der Waals surface area (Å²) >= 11 is 7.39. The van der Waals surface area contributed by atoms with E-state index in [1.165, 1.54) is 11.8 Å². The number of benzene rings is 2. The Balaban J connectivity index is 1.62. The summed E-state index contributed by atoms with van der Waals surface area (Å²) in [7, 11) is 1.63. The Morgan fingerprint density at radius 3 is 2.81 bits per heavy atom. The molecule has 10 heteroatoms. The van der Waals surface area contributed by atoms with Crippen molar-refractivity contribution in [1.82, 2.24) is 19.2 Å². The highest BCUT2D eigenvalue weighted by atomic mass is 35.5. The summed E-state index contributed by atoms with van der Waals surface area (Å²) in [5.41, 5.74) is 2.16. The number of rotatable bonds is 8. The lowest BCUT2D eigenvalue weighted by molar-refractivity contribution is -0.113. The van der Waals surface area contributed by atoms with Crippen LogP contribution in [0, 0.1) is 6.92 Å². The quantitative estimate of drug-likeness (QED) is 0.311. The number of methoxy groups -OCH3 is 1. The molecule has 166 valence electrons. The van der Waals surface area contributed by atoms with E-state index < -0.39 is 0 Å². The highest BCUT2D eigenvalue weighted by Gasteiger charge is 2.17. The van der Waals surface area contributed by atoms with Gasteiger partial charge in [0.1, 0.15) is 0 Å². The molecule has 0 atom stereocenters. The Bertz CT molecular complexity index is 1350. The van der Waals surface area contributed by atoms with Crippen molar-refractivity contribution in [3.8, 4) is 0 Å². The van der Waals surface area contributed by atoms with E-state index in [2.05, 4.69) is 15.5 Å². The molecular formula is C22H22ClN5O3S. The smallest absolute Gasteiger partial charge is 0.262 e. The highest BCUT2D eigenvalue weighted by molar-refractivity contribution is 7.99. The van der Waals surface area contributed by atoms with E-state index in [-0.39, 0.29) is 17.2 Å². The van der Waals surface area contributed by atoms with E-state index in [0.717, 1.165) is 5.56 Å². The lowest BCUT2D eigenvalue weighted by Gasteiger charge is -2.11. The van der Waals surface area contributed by atoms with Crippen molar-refractivity contribution in [2.45, 2.75) is 25.0 Å². The molecule has 0 radical (unpaired) electrons. The number of anilines is 1. The number of aromatic nitrogens is 4. The van der Waals surface area contributed by atoms with Gasteiger partial charge in [0.2, 0.25) is 11.7 Å². The van der Waals surface area contributed by atoms with Gasteiger partial charge in [-0.2, -0.15) is 0 Å². The molecule has 0 unspecified atom stereocenters. The van der Waals surface area contributed by atoms with Crippen LogP contribution in [0.25, 0.3) is 16.7 Å². The molecule has 0 bridgehead atoms. The number of carbonyl (C=O) groups excluding carboxylic acids is 1. The molecule has 8 nitrogen and oxygen atoms in total. The van der Waals surface area contributed by atoms with Gasteiger partial charge in [-0.25, -0.2) is 0 Å². The van der Waals surface area contributed by atoms with Crippen LogP contribution in [0.15, 0.2) is 52.4 Å². The van der Waals surface area contributed by atoms with Crippen molar-refractivity contribution >= 4 is 51.6 Å². The molecule has 0 saturated heterocycles. The van der Waals surface area contributed by atoms with E-state index >= 15 is 0 Å². The number of nitrogens with zero attached hydrogens (tertiary/aromatic N) is 4. The molecule has 0 aliphatic rings. The summed E-state index contributed by atoms with van der Waals surface area (Å²) in [5, 5.41) is 13.1. The summed E-state index contributed by atoms with van der Waals surface area (Å²) in [6.45, 7) is 2.89. The molecule has 0 spiro atoms. The number of thioether (sulfide) groups is 1. The summed E-state index contributed by atoms with van der Waals surface area (Å²) < 4.78 is 8.55. The Kier molecular flexibility index (Phi) is 6.78. The van der Waals surface area contributed by atoms with Crippen molar-refractivity contribution in [3.63, 3.8) is 0 Å². The maximum atomic E-state index is 13.0. The summed E-state index contributed by atoms with van der Waals surface area (Å²) in [6, 6.07) is 12.7. The van der Waals surface area contributed by atoms with Crippen LogP contribution in [0.1, 0.15) is 12.0 Å². The molecule has 4 rings (SSSR count). The minimum Gasteiger partial charge on any atom is -0.385 e. The van der Waals surface area contributed by atoms with Crippen LogP contribution >= 0.6 is 23.4 Å². The Labute approximate surface area is 193 Å². The second kappa shape index (κ2) is 9.72. The summed E-state index contributed by atoms with van der Waals surface area (Å²) in [5.74, 6) is 0.381. The van der Waals surface area contributed by atoms with Crippen LogP contribution < -0.4 is 10.9 Å². The fourth-order valence-corrected chi connectivity index (χ4v) is 4.31. The fraction of sp³-hybridized carbons (Fsp3) is 0.273. The molecule has 2 aromatic carbocycles. The third kappa shape index (κ3) is 4.50. The number of ether oxygens (including phenoxy) is 1. The van der Waals surface area contributed by atoms with Gasteiger partial charge in [-0.05, 0) is 43.2 Å². The number of aryl methyl sites for hydroxylation is 2.